The van der Waals surface area contributed by atoms with Gasteiger partial charge in [-0.25, -0.2) is 13.1 Å². The molecule has 8 heteroatoms. The number of hydrogen-bond acceptors (Lipinski definition) is 5. The molecule has 102 valence electrons. The van der Waals surface area contributed by atoms with Gasteiger partial charge in [0.25, 0.3) is 0 Å². The van der Waals surface area contributed by atoms with Gasteiger partial charge in [-0.2, -0.15) is 10.2 Å². The highest BCUT2D eigenvalue weighted by Gasteiger charge is 2.31. The van der Waals surface area contributed by atoms with E-state index in [4.69, 9.17) is 5.73 Å². The Bertz CT molecular complexity index is 715. The molecule has 1 aliphatic heterocycles. The van der Waals surface area contributed by atoms with Crippen LogP contribution in [0.15, 0.2) is 18.5 Å². The summed E-state index contributed by atoms with van der Waals surface area (Å²) in [5.74, 6) is 0.811. The summed E-state index contributed by atoms with van der Waals surface area (Å²) >= 11 is 0. The predicted molar refractivity (Wildman–Crippen MR) is 71.1 cm³/mol. The summed E-state index contributed by atoms with van der Waals surface area (Å²) in [6.07, 6.45) is 4.12. The van der Waals surface area contributed by atoms with E-state index < -0.39 is 9.84 Å². The minimum atomic E-state index is -2.94. The van der Waals surface area contributed by atoms with Crippen LogP contribution in [0.25, 0.3) is 11.3 Å². The van der Waals surface area contributed by atoms with Crippen LogP contribution in [0.4, 0.5) is 5.82 Å². The Labute approximate surface area is 110 Å². The van der Waals surface area contributed by atoms with Crippen LogP contribution in [0, 0.1) is 0 Å². The lowest BCUT2D eigenvalue weighted by molar-refractivity contribution is 0.508. The first-order valence-corrected chi connectivity index (χ1v) is 7.81. The van der Waals surface area contributed by atoms with Crippen molar-refractivity contribution in [2.45, 2.75) is 12.5 Å². The summed E-state index contributed by atoms with van der Waals surface area (Å²) < 4.78 is 26.3. The Balaban J connectivity index is 1.94. The van der Waals surface area contributed by atoms with Crippen molar-refractivity contribution in [3.8, 4) is 11.3 Å². The zero-order chi connectivity index (χ0) is 13.6. The Morgan fingerprint density at radius 2 is 2.26 bits per heavy atom. The van der Waals surface area contributed by atoms with Crippen LogP contribution in [0.3, 0.4) is 0 Å². The van der Waals surface area contributed by atoms with E-state index >= 15 is 0 Å². The second kappa shape index (κ2) is 4.09. The van der Waals surface area contributed by atoms with Gasteiger partial charge in [0.2, 0.25) is 0 Å². The SMILES string of the molecule is Cn1cc(-c2cc(N)n(C3CCS(=O)(=O)C3)n2)cn1. The fourth-order valence-corrected chi connectivity index (χ4v) is 4.06. The van der Waals surface area contributed by atoms with E-state index in [1.54, 1.807) is 21.6 Å². The van der Waals surface area contributed by atoms with Gasteiger partial charge >= 0.3 is 0 Å². The maximum Gasteiger partial charge on any atom is 0.152 e. The van der Waals surface area contributed by atoms with Gasteiger partial charge in [-0.05, 0) is 6.42 Å². The molecule has 0 amide bonds. The monoisotopic (exact) mass is 281 g/mol. The van der Waals surface area contributed by atoms with Gasteiger partial charge in [0, 0.05) is 24.9 Å². The molecule has 0 aliphatic carbocycles. The molecule has 1 saturated heterocycles. The lowest BCUT2D eigenvalue weighted by Crippen LogP contribution is -2.14. The van der Waals surface area contributed by atoms with Crippen LogP contribution in [-0.4, -0.2) is 39.5 Å². The average molecular weight is 281 g/mol. The molecule has 1 unspecified atom stereocenters. The van der Waals surface area contributed by atoms with E-state index in [2.05, 4.69) is 10.2 Å². The smallest absolute Gasteiger partial charge is 0.152 e. The number of anilines is 1. The van der Waals surface area contributed by atoms with Gasteiger partial charge in [0.1, 0.15) is 5.82 Å². The van der Waals surface area contributed by atoms with Crippen molar-refractivity contribution in [3.05, 3.63) is 18.5 Å². The van der Waals surface area contributed by atoms with Crippen molar-refractivity contribution in [3.63, 3.8) is 0 Å². The third-order valence-corrected chi connectivity index (χ3v) is 5.07. The van der Waals surface area contributed by atoms with E-state index in [1.165, 1.54) is 0 Å². The number of hydrogen-bond donors (Lipinski definition) is 1. The molecule has 0 saturated carbocycles. The van der Waals surface area contributed by atoms with E-state index in [0.29, 0.717) is 12.2 Å². The number of aryl methyl sites for hydroxylation is 1. The maximum atomic E-state index is 11.5. The van der Waals surface area contributed by atoms with Crippen LogP contribution < -0.4 is 5.73 Å². The van der Waals surface area contributed by atoms with Crippen molar-refractivity contribution < 1.29 is 8.42 Å². The lowest BCUT2D eigenvalue weighted by Gasteiger charge is -2.09. The van der Waals surface area contributed by atoms with Gasteiger partial charge in [0.05, 0.1) is 29.4 Å². The van der Waals surface area contributed by atoms with Gasteiger partial charge < -0.3 is 5.73 Å². The largest absolute Gasteiger partial charge is 0.384 e. The highest BCUT2D eigenvalue weighted by atomic mass is 32.2. The van der Waals surface area contributed by atoms with Gasteiger partial charge in [-0.3, -0.25) is 4.68 Å². The van der Waals surface area contributed by atoms with Crippen LogP contribution in [0.2, 0.25) is 0 Å². The van der Waals surface area contributed by atoms with E-state index in [0.717, 1.165) is 11.3 Å². The minimum absolute atomic E-state index is 0.116. The summed E-state index contributed by atoms with van der Waals surface area (Å²) in [6, 6.07) is 1.59. The Hall–Kier alpha value is -1.83. The number of aromatic nitrogens is 4. The molecule has 1 fully saturated rings. The Kier molecular flexibility index (Phi) is 2.63. The number of sulfone groups is 1. The molecular weight excluding hydrogens is 266 g/mol. The average Bonchev–Trinajstić information content (AvgIpc) is 2.98. The number of rotatable bonds is 2. The normalized spacial score (nSPS) is 21.8. The van der Waals surface area contributed by atoms with E-state index in [1.807, 2.05) is 13.2 Å². The standard InChI is InChI=1S/C11H15N5O2S/c1-15-6-8(5-13-15)10-4-11(12)16(14-10)9-2-3-19(17,18)7-9/h4-6,9H,2-3,7,12H2,1H3. The quantitative estimate of drug-likeness (QED) is 0.849. The molecule has 2 aromatic rings. The zero-order valence-electron chi connectivity index (χ0n) is 10.5. The summed E-state index contributed by atoms with van der Waals surface area (Å²) in [5, 5.41) is 8.50. The van der Waals surface area contributed by atoms with Gasteiger partial charge in [-0.1, -0.05) is 0 Å². The van der Waals surface area contributed by atoms with E-state index in [9.17, 15) is 8.42 Å². The Morgan fingerprint density at radius 3 is 2.84 bits per heavy atom. The summed E-state index contributed by atoms with van der Waals surface area (Å²) in [6.45, 7) is 0. The molecule has 19 heavy (non-hydrogen) atoms. The molecule has 0 radical (unpaired) electrons. The summed E-state index contributed by atoms with van der Waals surface area (Å²) in [7, 11) is -1.12. The van der Waals surface area contributed by atoms with Crippen LogP contribution in [0.1, 0.15) is 12.5 Å². The molecule has 0 spiro atoms. The highest BCUT2D eigenvalue weighted by molar-refractivity contribution is 7.91. The number of nitrogens with zero attached hydrogens (tertiary/aromatic N) is 4. The maximum absolute atomic E-state index is 11.5. The van der Waals surface area contributed by atoms with Crippen molar-refractivity contribution in [2.75, 3.05) is 17.2 Å². The fraction of sp³-hybridized carbons (Fsp3) is 0.455. The predicted octanol–water partition coefficient (Wildman–Crippen LogP) is 0.225. The minimum Gasteiger partial charge on any atom is -0.384 e. The molecule has 0 bridgehead atoms. The highest BCUT2D eigenvalue weighted by Crippen LogP contribution is 2.28. The van der Waals surface area contributed by atoms with Gasteiger partial charge in [0.15, 0.2) is 9.84 Å². The number of nitrogens with two attached hydrogens (primary N) is 1. The molecule has 1 atom stereocenters. The molecule has 3 heterocycles. The van der Waals surface area contributed by atoms with Crippen LogP contribution >= 0.6 is 0 Å². The molecular formula is C11H15N5O2S. The second-order valence-electron chi connectivity index (χ2n) is 4.86. The molecule has 3 rings (SSSR count). The molecule has 2 aromatic heterocycles. The van der Waals surface area contributed by atoms with Crippen molar-refractivity contribution in [1.82, 2.24) is 19.6 Å². The summed E-state index contributed by atoms with van der Waals surface area (Å²) in [5.41, 5.74) is 7.52. The molecule has 1 aliphatic rings. The first-order valence-electron chi connectivity index (χ1n) is 5.99. The second-order valence-corrected chi connectivity index (χ2v) is 7.09. The lowest BCUT2D eigenvalue weighted by atomic mass is 10.2. The topological polar surface area (TPSA) is 95.8 Å². The molecule has 0 aromatic carbocycles. The van der Waals surface area contributed by atoms with Gasteiger partial charge in [-0.15, -0.1) is 0 Å². The number of nitrogen functional groups attached to an aromatic ring is 1. The van der Waals surface area contributed by atoms with Crippen LogP contribution in [-0.2, 0) is 16.9 Å². The van der Waals surface area contributed by atoms with Crippen molar-refractivity contribution in [1.29, 1.82) is 0 Å². The van der Waals surface area contributed by atoms with Crippen molar-refractivity contribution in [2.24, 2.45) is 7.05 Å². The summed E-state index contributed by atoms with van der Waals surface area (Å²) in [4.78, 5) is 0. The molecule has 2 N–H and O–H groups in total. The Morgan fingerprint density at radius 1 is 1.47 bits per heavy atom. The van der Waals surface area contributed by atoms with E-state index in [-0.39, 0.29) is 17.5 Å². The zero-order valence-corrected chi connectivity index (χ0v) is 11.3. The fourth-order valence-electron chi connectivity index (χ4n) is 2.36. The van der Waals surface area contributed by atoms with Crippen molar-refractivity contribution >= 4 is 15.7 Å². The third-order valence-electron chi connectivity index (χ3n) is 3.32. The molecule has 7 nitrogen and oxygen atoms in total. The third kappa shape index (κ3) is 2.23. The van der Waals surface area contributed by atoms with Crippen LogP contribution in [0.5, 0.6) is 0 Å². The first kappa shape index (κ1) is 12.2. The first-order chi connectivity index (χ1) is 8.94.